The number of likely N-dealkylation sites (tertiary alicyclic amines) is 1. The number of aromatic nitrogens is 3. The minimum absolute atomic E-state index is 0.0642. The molecule has 2 amide bonds. The van der Waals surface area contributed by atoms with Crippen LogP contribution in [0.25, 0.3) is 17.3 Å². The van der Waals surface area contributed by atoms with E-state index < -0.39 is 0 Å². The Labute approximate surface area is 192 Å². The van der Waals surface area contributed by atoms with Crippen LogP contribution in [0, 0.1) is 5.41 Å². The summed E-state index contributed by atoms with van der Waals surface area (Å²) < 4.78 is 0. The van der Waals surface area contributed by atoms with Crippen LogP contribution in [0.2, 0.25) is 0 Å². The Kier molecular flexibility index (Phi) is 5.62. The number of H-pyrrole nitrogens is 1. The monoisotopic (exact) mass is 464 g/mol. The number of nitrogens with one attached hydrogen (secondary N) is 2. The molecule has 0 spiro atoms. The number of carbonyl (C=O) groups excluding carboxylic acids is 2. The second kappa shape index (κ2) is 8.71. The van der Waals surface area contributed by atoms with Crippen molar-refractivity contribution in [3.8, 4) is 11.3 Å². The maximum absolute atomic E-state index is 12.8. The summed E-state index contributed by atoms with van der Waals surface area (Å²) in [7, 11) is 0. The number of thioether (sulfide) groups is 1. The van der Waals surface area contributed by atoms with Crippen molar-refractivity contribution in [2.24, 2.45) is 0 Å². The summed E-state index contributed by atoms with van der Waals surface area (Å²) in [6, 6.07) is 7.41. The van der Waals surface area contributed by atoms with Gasteiger partial charge in [-0.05, 0) is 49.2 Å². The van der Waals surface area contributed by atoms with E-state index in [9.17, 15) is 9.59 Å². The van der Waals surface area contributed by atoms with Crippen molar-refractivity contribution in [1.82, 2.24) is 20.1 Å². The number of amides is 2. The van der Waals surface area contributed by atoms with Crippen molar-refractivity contribution in [3.63, 3.8) is 0 Å². The highest BCUT2D eigenvalue weighted by Gasteiger charge is 2.35. The van der Waals surface area contributed by atoms with E-state index >= 15 is 0 Å². The first-order valence-corrected chi connectivity index (χ1v) is 12.0. The van der Waals surface area contributed by atoms with E-state index in [1.54, 1.807) is 23.8 Å². The highest BCUT2D eigenvalue weighted by molar-refractivity contribution is 8.19. The van der Waals surface area contributed by atoms with E-state index in [-0.39, 0.29) is 17.0 Å². The lowest BCUT2D eigenvalue weighted by Gasteiger charge is -2.26. The van der Waals surface area contributed by atoms with Crippen molar-refractivity contribution in [1.29, 1.82) is 5.41 Å². The zero-order valence-electron chi connectivity index (χ0n) is 17.1. The lowest BCUT2D eigenvalue weighted by molar-refractivity contribution is -0.113. The molecular weight excluding hydrogens is 444 g/mol. The van der Waals surface area contributed by atoms with Gasteiger partial charge in [0, 0.05) is 47.6 Å². The average molecular weight is 465 g/mol. The first-order chi connectivity index (χ1) is 15.6. The van der Waals surface area contributed by atoms with Crippen molar-refractivity contribution in [3.05, 3.63) is 58.1 Å². The van der Waals surface area contributed by atoms with Gasteiger partial charge >= 0.3 is 0 Å². The van der Waals surface area contributed by atoms with Gasteiger partial charge in [-0.15, -0.1) is 11.3 Å². The fourth-order valence-corrected chi connectivity index (χ4v) is 5.36. The molecule has 0 aliphatic carbocycles. The number of anilines is 1. The van der Waals surface area contributed by atoms with Gasteiger partial charge in [-0.2, -0.15) is 5.10 Å². The number of nitrogens with zero attached hydrogens (tertiary/aromatic N) is 4. The number of piperidine rings is 1. The van der Waals surface area contributed by atoms with Gasteiger partial charge in [-0.3, -0.25) is 20.1 Å². The molecule has 0 unspecified atom stereocenters. The zero-order chi connectivity index (χ0) is 22.1. The standard InChI is InChI=1S/C22H20N6O2S2/c23-21-28(22-24-8-11-31-22)20(30)17(32-21)12-16-13-25-26-18(16)14-4-6-15(7-5-14)19(29)27-9-2-1-3-10-27/h4-8,11-13,23H,1-3,9-10H2,(H,25,26)/b17-12-,23-21?. The third-order valence-electron chi connectivity index (χ3n) is 5.44. The van der Waals surface area contributed by atoms with Crippen LogP contribution in [0.4, 0.5) is 5.13 Å². The van der Waals surface area contributed by atoms with E-state index in [1.165, 1.54) is 22.7 Å². The second-order valence-electron chi connectivity index (χ2n) is 7.49. The summed E-state index contributed by atoms with van der Waals surface area (Å²) in [6.07, 6.45) is 8.37. The zero-order valence-corrected chi connectivity index (χ0v) is 18.7. The Balaban J connectivity index is 1.37. The van der Waals surface area contributed by atoms with E-state index in [0.717, 1.165) is 48.8 Å². The van der Waals surface area contributed by atoms with Crippen LogP contribution in [0.1, 0.15) is 35.2 Å². The molecule has 2 fully saturated rings. The van der Waals surface area contributed by atoms with Gasteiger partial charge in [0.25, 0.3) is 11.8 Å². The van der Waals surface area contributed by atoms with Gasteiger partial charge in [0.15, 0.2) is 10.3 Å². The lowest BCUT2D eigenvalue weighted by atomic mass is 10.0. The first kappa shape index (κ1) is 20.7. The van der Waals surface area contributed by atoms with Gasteiger partial charge in [0.05, 0.1) is 10.6 Å². The number of thiazole rings is 1. The molecule has 2 N–H and O–H groups in total. The molecule has 3 aromatic rings. The van der Waals surface area contributed by atoms with Gasteiger partial charge in [0.2, 0.25) is 0 Å². The van der Waals surface area contributed by atoms with Crippen molar-refractivity contribution in [2.45, 2.75) is 19.3 Å². The Morgan fingerprint density at radius 2 is 1.94 bits per heavy atom. The van der Waals surface area contributed by atoms with E-state index in [2.05, 4.69) is 15.2 Å². The quantitative estimate of drug-likeness (QED) is 0.563. The molecule has 162 valence electrons. The summed E-state index contributed by atoms with van der Waals surface area (Å²) in [6.45, 7) is 1.63. The van der Waals surface area contributed by atoms with E-state index in [4.69, 9.17) is 5.41 Å². The molecule has 0 saturated carbocycles. The van der Waals surface area contributed by atoms with Crippen LogP contribution in [0.3, 0.4) is 0 Å². The molecule has 0 atom stereocenters. The molecule has 2 aliphatic heterocycles. The number of benzene rings is 1. The summed E-state index contributed by atoms with van der Waals surface area (Å²) in [5.41, 5.74) is 2.93. The molecule has 8 nitrogen and oxygen atoms in total. The number of hydrogen-bond donors (Lipinski definition) is 2. The predicted octanol–water partition coefficient (Wildman–Crippen LogP) is 4.21. The smallest absolute Gasteiger partial charge is 0.273 e. The predicted molar refractivity (Wildman–Crippen MR) is 127 cm³/mol. The normalized spacial score (nSPS) is 18.1. The highest BCUT2D eigenvalue weighted by Crippen LogP contribution is 2.37. The summed E-state index contributed by atoms with van der Waals surface area (Å²) in [4.78, 5) is 33.4. The summed E-state index contributed by atoms with van der Waals surface area (Å²) >= 11 is 2.41. The largest absolute Gasteiger partial charge is 0.339 e. The lowest BCUT2D eigenvalue weighted by Crippen LogP contribution is -2.35. The minimum Gasteiger partial charge on any atom is -0.339 e. The average Bonchev–Trinajstić information content (AvgIpc) is 3.56. The fourth-order valence-electron chi connectivity index (χ4n) is 3.82. The first-order valence-electron chi connectivity index (χ1n) is 10.3. The Morgan fingerprint density at radius 3 is 2.66 bits per heavy atom. The minimum atomic E-state index is -0.274. The van der Waals surface area contributed by atoms with Gasteiger partial charge in [-0.25, -0.2) is 9.88 Å². The Bertz CT molecular complexity index is 1190. The van der Waals surface area contributed by atoms with Crippen molar-refractivity contribution in [2.75, 3.05) is 18.0 Å². The number of rotatable bonds is 4. The third kappa shape index (κ3) is 3.87. The van der Waals surface area contributed by atoms with Gasteiger partial charge in [0.1, 0.15) is 0 Å². The Hall–Kier alpha value is -3.24. The number of amidine groups is 1. The Morgan fingerprint density at radius 1 is 1.16 bits per heavy atom. The number of carbonyl (C=O) groups is 2. The van der Waals surface area contributed by atoms with Crippen LogP contribution in [-0.4, -0.2) is 50.2 Å². The van der Waals surface area contributed by atoms with Gasteiger partial charge < -0.3 is 4.90 Å². The van der Waals surface area contributed by atoms with Gasteiger partial charge in [-0.1, -0.05) is 12.1 Å². The molecule has 5 rings (SSSR count). The van der Waals surface area contributed by atoms with Crippen LogP contribution >= 0.6 is 23.1 Å². The van der Waals surface area contributed by atoms with Crippen LogP contribution in [-0.2, 0) is 4.79 Å². The molecule has 2 saturated heterocycles. The SMILES string of the molecule is N=C1S/C(=C\c2c[nH]nc2-c2ccc(C(=O)N3CCCCC3)cc2)C(=O)N1c1nccs1. The molecule has 0 radical (unpaired) electrons. The maximum Gasteiger partial charge on any atom is 0.273 e. The molecule has 10 heteroatoms. The van der Waals surface area contributed by atoms with E-state index in [0.29, 0.717) is 21.3 Å². The van der Waals surface area contributed by atoms with E-state index in [1.807, 2.05) is 29.2 Å². The van der Waals surface area contributed by atoms with Crippen LogP contribution < -0.4 is 4.90 Å². The van der Waals surface area contributed by atoms with Crippen molar-refractivity contribution >= 4 is 51.3 Å². The van der Waals surface area contributed by atoms with Crippen LogP contribution in [0.5, 0.6) is 0 Å². The summed E-state index contributed by atoms with van der Waals surface area (Å²) in [5, 5.41) is 17.8. The maximum atomic E-state index is 12.8. The number of aromatic amines is 1. The molecule has 1 aromatic carbocycles. The third-order valence-corrected chi connectivity index (χ3v) is 7.08. The molecule has 0 bridgehead atoms. The second-order valence-corrected chi connectivity index (χ2v) is 9.39. The van der Waals surface area contributed by atoms with Crippen LogP contribution in [0.15, 0.2) is 46.9 Å². The topological polar surface area (TPSA) is 106 Å². The van der Waals surface area contributed by atoms with Crippen molar-refractivity contribution < 1.29 is 9.59 Å². The molecule has 32 heavy (non-hydrogen) atoms. The molecular formula is C22H20N6O2S2. The molecule has 4 heterocycles. The fraction of sp³-hybridized carbons (Fsp3) is 0.227. The molecule has 2 aromatic heterocycles. The highest BCUT2D eigenvalue weighted by atomic mass is 32.2. The number of hydrogen-bond acceptors (Lipinski definition) is 7. The molecule has 2 aliphatic rings. The summed E-state index contributed by atoms with van der Waals surface area (Å²) in [5.74, 6) is -0.209.